The molecule has 4 heteroatoms. The summed E-state index contributed by atoms with van der Waals surface area (Å²) in [7, 11) is 0. The van der Waals surface area contributed by atoms with E-state index in [4.69, 9.17) is 16.6 Å². The Balaban J connectivity index is 1.89. The van der Waals surface area contributed by atoms with E-state index in [0.717, 1.165) is 13.0 Å². The molecule has 3 nitrogen and oxygen atoms in total. The maximum absolute atomic E-state index is 12.2. The Morgan fingerprint density at radius 3 is 3.28 bits per heavy atom. The average Bonchev–Trinajstić information content (AvgIpc) is 2.87. The van der Waals surface area contributed by atoms with Gasteiger partial charge < -0.3 is 4.90 Å². The molecule has 3 aliphatic heterocycles. The molecule has 0 N–H and O–H groups in total. The van der Waals surface area contributed by atoms with Crippen LogP contribution in [0.15, 0.2) is 27.9 Å². The van der Waals surface area contributed by atoms with Crippen molar-refractivity contribution in [1.82, 2.24) is 4.90 Å². The molecule has 0 bridgehead atoms. The summed E-state index contributed by atoms with van der Waals surface area (Å²) >= 11 is 6.21. The molecule has 3 heterocycles. The van der Waals surface area contributed by atoms with Gasteiger partial charge in [-0.25, -0.2) is 0 Å². The lowest BCUT2D eigenvalue weighted by Gasteiger charge is -2.38. The van der Waals surface area contributed by atoms with E-state index in [1.807, 2.05) is 18.4 Å². The van der Waals surface area contributed by atoms with Crippen molar-refractivity contribution in [1.29, 1.82) is 0 Å². The topological polar surface area (TPSA) is 32.7 Å². The zero-order valence-corrected chi connectivity index (χ0v) is 10.9. The van der Waals surface area contributed by atoms with Crippen molar-refractivity contribution in [2.24, 2.45) is 10.9 Å². The number of ketones is 1. The minimum atomic E-state index is -0.321. The SMILES string of the molecule is O=C1CC=NC23CC4CCCN4C2=CC(Cl)=CC13. The fourth-order valence-corrected chi connectivity index (χ4v) is 4.26. The van der Waals surface area contributed by atoms with Gasteiger partial charge in [-0.3, -0.25) is 9.79 Å². The molecule has 1 aliphatic carbocycles. The van der Waals surface area contributed by atoms with Gasteiger partial charge in [0.1, 0.15) is 11.3 Å². The second kappa shape index (κ2) is 3.47. The van der Waals surface area contributed by atoms with Crippen molar-refractivity contribution in [2.75, 3.05) is 6.54 Å². The lowest BCUT2D eigenvalue weighted by atomic mass is 9.72. The predicted octanol–water partition coefficient (Wildman–Crippen LogP) is 2.27. The first-order chi connectivity index (χ1) is 8.71. The van der Waals surface area contributed by atoms with E-state index < -0.39 is 0 Å². The summed E-state index contributed by atoms with van der Waals surface area (Å²) in [4.78, 5) is 19.4. The Kier molecular flexibility index (Phi) is 2.08. The Hall–Kier alpha value is -1.09. The second-order valence-corrected chi connectivity index (χ2v) is 6.10. The molecular weight excluding hydrogens is 248 g/mol. The van der Waals surface area contributed by atoms with Gasteiger partial charge in [-0.15, -0.1) is 0 Å². The van der Waals surface area contributed by atoms with E-state index in [1.54, 1.807) is 0 Å². The lowest BCUT2D eigenvalue weighted by Crippen LogP contribution is -2.45. The summed E-state index contributed by atoms with van der Waals surface area (Å²) in [6, 6.07) is 0.553. The third-order valence-electron chi connectivity index (χ3n) is 4.75. The molecule has 2 saturated heterocycles. The number of Topliss-reactive ketones (excluding diaryl/α,β-unsaturated/α-hetero) is 1. The fraction of sp³-hybridized carbons (Fsp3) is 0.571. The number of rotatable bonds is 0. The largest absolute Gasteiger partial charge is 0.370 e. The molecule has 0 aromatic rings. The van der Waals surface area contributed by atoms with Crippen LogP contribution in [0.1, 0.15) is 25.7 Å². The number of nitrogens with zero attached hydrogens (tertiary/aromatic N) is 2. The smallest absolute Gasteiger partial charge is 0.147 e. The van der Waals surface area contributed by atoms with Crippen LogP contribution in [0.5, 0.6) is 0 Å². The summed E-state index contributed by atoms with van der Waals surface area (Å²) in [5.74, 6) is 0.121. The van der Waals surface area contributed by atoms with Crippen molar-refractivity contribution in [2.45, 2.75) is 37.3 Å². The Morgan fingerprint density at radius 2 is 2.39 bits per heavy atom. The zero-order chi connectivity index (χ0) is 12.3. The molecule has 1 spiro atoms. The molecule has 3 atom stereocenters. The summed E-state index contributed by atoms with van der Waals surface area (Å²) in [6.07, 6.45) is 9.62. The van der Waals surface area contributed by atoms with Gasteiger partial charge in [0.25, 0.3) is 0 Å². The molecule has 0 aromatic carbocycles. The number of aliphatic imine (C=N–C) groups is 1. The summed E-state index contributed by atoms with van der Waals surface area (Å²) < 4.78 is 0. The highest BCUT2D eigenvalue weighted by molar-refractivity contribution is 6.31. The standard InChI is InChI=1S/C14H15ClN2O/c15-9-6-11-12(18)3-4-16-14(11)8-10-2-1-5-17(10)13(14)7-9/h4,6-7,10-11H,1-3,5,8H2. The van der Waals surface area contributed by atoms with Crippen molar-refractivity contribution in [3.05, 3.63) is 22.9 Å². The van der Waals surface area contributed by atoms with Gasteiger partial charge in [-0.05, 0) is 25.3 Å². The van der Waals surface area contributed by atoms with Gasteiger partial charge in [-0.2, -0.15) is 0 Å². The van der Waals surface area contributed by atoms with Crippen molar-refractivity contribution in [3.63, 3.8) is 0 Å². The molecule has 3 unspecified atom stereocenters. The van der Waals surface area contributed by atoms with Crippen LogP contribution in [-0.2, 0) is 4.79 Å². The maximum atomic E-state index is 12.2. The monoisotopic (exact) mass is 262 g/mol. The molecular formula is C14H15ClN2O. The van der Waals surface area contributed by atoms with Crippen molar-refractivity contribution < 1.29 is 4.79 Å². The Labute approximate surface area is 111 Å². The van der Waals surface area contributed by atoms with Crippen LogP contribution in [0.2, 0.25) is 0 Å². The van der Waals surface area contributed by atoms with Gasteiger partial charge >= 0.3 is 0 Å². The highest BCUT2D eigenvalue weighted by atomic mass is 35.5. The van der Waals surface area contributed by atoms with Crippen molar-refractivity contribution >= 4 is 23.6 Å². The first-order valence-electron chi connectivity index (χ1n) is 6.63. The molecule has 0 saturated carbocycles. The molecule has 0 aromatic heterocycles. The minimum absolute atomic E-state index is 0.138. The second-order valence-electron chi connectivity index (χ2n) is 5.66. The summed E-state index contributed by atoms with van der Waals surface area (Å²) in [5.41, 5.74) is 0.866. The number of fused-ring (bicyclic) bond motifs is 2. The van der Waals surface area contributed by atoms with Crippen LogP contribution in [0, 0.1) is 5.92 Å². The first kappa shape index (κ1) is 10.8. The molecule has 0 radical (unpaired) electrons. The fourth-order valence-electron chi connectivity index (χ4n) is 4.03. The number of carbonyl (C=O) groups excluding carboxylic acids is 1. The molecule has 2 fully saturated rings. The first-order valence-corrected chi connectivity index (χ1v) is 7.01. The molecule has 0 amide bonds. The number of halogens is 1. The van der Waals surface area contributed by atoms with Gasteiger partial charge in [0, 0.05) is 36.0 Å². The van der Waals surface area contributed by atoms with E-state index in [-0.39, 0.29) is 17.2 Å². The van der Waals surface area contributed by atoms with E-state index >= 15 is 0 Å². The lowest BCUT2D eigenvalue weighted by molar-refractivity contribution is -0.122. The summed E-state index contributed by atoms with van der Waals surface area (Å²) in [5, 5.41) is 0.698. The van der Waals surface area contributed by atoms with Crippen LogP contribution in [0.4, 0.5) is 0 Å². The molecule has 18 heavy (non-hydrogen) atoms. The molecule has 4 aliphatic rings. The van der Waals surface area contributed by atoms with Crippen LogP contribution >= 0.6 is 11.6 Å². The third kappa shape index (κ3) is 1.21. The third-order valence-corrected chi connectivity index (χ3v) is 4.99. The molecule has 4 rings (SSSR count). The highest BCUT2D eigenvalue weighted by Gasteiger charge is 2.57. The van der Waals surface area contributed by atoms with Crippen molar-refractivity contribution in [3.8, 4) is 0 Å². The Bertz CT molecular complexity index is 522. The minimum Gasteiger partial charge on any atom is -0.370 e. The summed E-state index contributed by atoms with van der Waals surface area (Å²) in [6.45, 7) is 1.08. The van der Waals surface area contributed by atoms with Gasteiger partial charge in [-0.1, -0.05) is 17.7 Å². The molecule has 94 valence electrons. The van der Waals surface area contributed by atoms with Gasteiger partial charge in [0.2, 0.25) is 0 Å². The van der Waals surface area contributed by atoms with E-state index in [1.165, 1.54) is 18.5 Å². The van der Waals surface area contributed by atoms with Gasteiger partial charge in [0.15, 0.2) is 0 Å². The number of carbonyl (C=O) groups is 1. The number of allylic oxidation sites excluding steroid dienone is 2. The zero-order valence-electron chi connectivity index (χ0n) is 10.1. The maximum Gasteiger partial charge on any atom is 0.147 e. The quantitative estimate of drug-likeness (QED) is 0.671. The average molecular weight is 263 g/mol. The predicted molar refractivity (Wildman–Crippen MR) is 70.7 cm³/mol. The highest BCUT2D eigenvalue weighted by Crippen LogP contribution is 2.52. The van der Waals surface area contributed by atoms with Gasteiger partial charge in [0.05, 0.1) is 5.92 Å². The number of hydrogen-bond donors (Lipinski definition) is 0. The van der Waals surface area contributed by atoms with E-state index in [2.05, 4.69) is 4.90 Å². The van der Waals surface area contributed by atoms with Crippen LogP contribution < -0.4 is 0 Å². The normalized spacial score (nSPS) is 41.2. The van der Waals surface area contributed by atoms with Crippen LogP contribution in [0.3, 0.4) is 0 Å². The van der Waals surface area contributed by atoms with E-state index in [0.29, 0.717) is 17.5 Å². The number of hydrogen-bond acceptors (Lipinski definition) is 3. The van der Waals surface area contributed by atoms with Crippen LogP contribution in [-0.4, -0.2) is 35.0 Å². The van der Waals surface area contributed by atoms with E-state index in [9.17, 15) is 4.79 Å². The Morgan fingerprint density at radius 1 is 1.50 bits per heavy atom. The van der Waals surface area contributed by atoms with Crippen LogP contribution in [0.25, 0.3) is 0 Å².